The van der Waals surface area contributed by atoms with E-state index in [4.69, 9.17) is 10.5 Å². The molecular weight excluding hydrogens is 228 g/mol. The third-order valence-electron chi connectivity index (χ3n) is 4.77. The standard InChI is InChI=1S/C14H26N2O2/c1-9-12(4-3-5-13(9)15)14(17)16-8-11-6-7-18-10(11)2/h9-13H,3-8,15H2,1-2H3,(H,16,17). The molecule has 0 spiro atoms. The maximum absolute atomic E-state index is 12.2. The molecule has 18 heavy (non-hydrogen) atoms. The molecule has 5 unspecified atom stereocenters. The summed E-state index contributed by atoms with van der Waals surface area (Å²) in [7, 11) is 0. The number of rotatable bonds is 3. The molecule has 0 bridgehead atoms. The minimum absolute atomic E-state index is 0.103. The molecule has 0 aromatic heterocycles. The van der Waals surface area contributed by atoms with Crippen molar-refractivity contribution in [1.82, 2.24) is 5.32 Å². The summed E-state index contributed by atoms with van der Waals surface area (Å²) in [6, 6.07) is 0.184. The molecule has 0 aromatic carbocycles. The van der Waals surface area contributed by atoms with Crippen LogP contribution < -0.4 is 11.1 Å². The van der Waals surface area contributed by atoms with Crippen LogP contribution in [0.2, 0.25) is 0 Å². The van der Waals surface area contributed by atoms with E-state index in [1.54, 1.807) is 0 Å². The van der Waals surface area contributed by atoms with Crippen molar-refractivity contribution in [3.8, 4) is 0 Å². The van der Waals surface area contributed by atoms with E-state index >= 15 is 0 Å². The van der Waals surface area contributed by atoms with Crippen LogP contribution in [-0.4, -0.2) is 31.2 Å². The lowest BCUT2D eigenvalue weighted by atomic mass is 9.77. The maximum atomic E-state index is 12.2. The Balaban J connectivity index is 1.80. The van der Waals surface area contributed by atoms with E-state index in [-0.39, 0.29) is 24.0 Å². The van der Waals surface area contributed by atoms with Gasteiger partial charge in [-0.25, -0.2) is 0 Å². The molecule has 2 rings (SSSR count). The van der Waals surface area contributed by atoms with Crippen molar-refractivity contribution < 1.29 is 9.53 Å². The van der Waals surface area contributed by atoms with E-state index in [0.29, 0.717) is 11.8 Å². The number of hydrogen-bond acceptors (Lipinski definition) is 3. The topological polar surface area (TPSA) is 64.3 Å². The highest BCUT2D eigenvalue weighted by Gasteiger charge is 2.33. The van der Waals surface area contributed by atoms with E-state index in [1.165, 1.54) is 0 Å². The SMILES string of the molecule is CC1OCCC1CNC(=O)C1CCCC(N)C1C. The molecule has 1 heterocycles. The molecule has 2 fully saturated rings. The molecule has 4 heteroatoms. The van der Waals surface area contributed by atoms with Gasteiger partial charge in [0.15, 0.2) is 0 Å². The summed E-state index contributed by atoms with van der Waals surface area (Å²) in [5.74, 6) is 1.07. The van der Waals surface area contributed by atoms with Crippen molar-refractivity contribution in [2.45, 2.75) is 51.7 Å². The van der Waals surface area contributed by atoms with Gasteiger partial charge in [0.1, 0.15) is 0 Å². The fourth-order valence-electron chi connectivity index (χ4n) is 3.17. The molecule has 4 nitrogen and oxygen atoms in total. The van der Waals surface area contributed by atoms with Gasteiger partial charge in [0.2, 0.25) is 5.91 Å². The van der Waals surface area contributed by atoms with Crippen molar-refractivity contribution in [2.24, 2.45) is 23.5 Å². The van der Waals surface area contributed by atoms with Crippen molar-refractivity contribution in [3.63, 3.8) is 0 Å². The first kappa shape index (κ1) is 13.8. The minimum Gasteiger partial charge on any atom is -0.378 e. The van der Waals surface area contributed by atoms with Crippen molar-refractivity contribution in [1.29, 1.82) is 0 Å². The molecule has 0 aromatic rings. The summed E-state index contributed by atoms with van der Waals surface area (Å²) in [5, 5.41) is 3.10. The second-order valence-corrected chi connectivity index (χ2v) is 5.93. The molecule has 0 radical (unpaired) electrons. The Morgan fingerprint density at radius 1 is 1.33 bits per heavy atom. The van der Waals surface area contributed by atoms with Gasteiger partial charge in [-0.15, -0.1) is 0 Å². The van der Waals surface area contributed by atoms with Crippen LogP contribution in [0.25, 0.3) is 0 Å². The van der Waals surface area contributed by atoms with E-state index in [2.05, 4.69) is 19.2 Å². The van der Waals surface area contributed by atoms with Crippen LogP contribution in [0.5, 0.6) is 0 Å². The van der Waals surface area contributed by atoms with Crippen molar-refractivity contribution in [3.05, 3.63) is 0 Å². The fourth-order valence-corrected chi connectivity index (χ4v) is 3.17. The van der Waals surface area contributed by atoms with Gasteiger partial charge in [0.25, 0.3) is 0 Å². The van der Waals surface area contributed by atoms with E-state index < -0.39 is 0 Å². The zero-order valence-corrected chi connectivity index (χ0v) is 11.5. The Morgan fingerprint density at radius 2 is 2.11 bits per heavy atom. The zero-order valence-electron chi connectivity index (χ0n) is 11.5. The lowest BCUT2D eigenvalue weighted by molar-refractivity contribution is -0.128. The van der Waals surface area contributed by atoms with Crippen molar-refractivity contribution in [2.75, 3.05) is 13.2 Å². The molecule has 5 atom stereocenters. The minimum atomic E-state index is 0.103. The first-order valence-electron chi connectivity index (χ1n) is 7.24. The van der Waals surface area contributed by atoms with Gasteiger partial charge in [0, 0.05) is 31.0 Å². The van der Waals surface area contributed by atoms with Gasteiger partial charge >= 0.3 is 0 Å². The zero-order chi connectivity index (χ0) is 13.1. The average molecular weight is 254 g/mol. The monoisotopic (exact) mass is 254 g/mol. The highest BCUT2D eigenvalue weighted by atomic mass is 16.5. The highest BCUT2D eigenvalue weighted by Crippen LogP contribution is 2.29. The quantitative estimate of drug-likeness (QED) is 0.797. The number of amides is 1. The largest absolute Gasteiger partial charge is 0.378 e. The van der Waals surface area contributed by atoms with Gasteiger partial charge in [-0.2, -0.15) is 0 Å². The normalized spacial score (nSPS) is 40.7. The van der Waals surface area contributed by atoms with Crippen LogP contribution in [0.15, 0.2) is 0 Å². The Labute approximate surface area is 110 Å². The summed E-state index contributed by atoms with van der Waals surface area (Å²) in [6.07, 6.45) is 4.44. The van der Waals surface area contributed by atoms with E-state index in [1.807, 2.05) is 0 Å². The summed E-state index contributed by atoms with van der Waals surface area (Å²) in [6.45, 7) is 5.77. The predicted molar refractivity (Wildman–Crippen MR) is 71.0 cm³/mol. The molecule has 1 saturated heterocycles. The Hall–Kier alpha value is -0.610. The maximum Gasteiger partial charge on any atom is 0.223 e. The molecule has 1 aliphatic heterocycles. The van der Waals surface area contributed by atoms with Crippen molar-refractivity contribution >= 4 is 5.91 Å². The van der Waals surface area contributed by atoms with Crippen LogP contribution >= 0.6 is 0 Å². The third-order valence-corrected chi connectivity index (χ3v) is 4.77. The fraction of sp³-hybridized carbons (Fsp3) is 0.929. The molecule has 104 valence electrons. The first-order chi connectivity index (χ1) is 8.59. The van der Waals surface area contributed by atoms with Gasteiger partial charge in [-0.1, -0.05) is 13.3 Å². The summed E-state index contributed by atoms with van der Waals surface area (Å²) >= 11 is 0. The summed E-state index contributed by atoms with van der Waals surface area (Å²) in [5.41, 5.74) is 6.05. The molecule has 3 N–H and O–H groups in total. The molecule has 1 saturated carbocycles. The van der Waals surface area contributed by atoms with E-state index in [0.717, 1.165) is 38.8 Å². The molecule has 1 amide bonds. The number of carbonyl (C=O) groups is 1. The predicted octanol–water partition coefficient (Wildman–Crippen LogP) is 1.29. The van der Waals surface area contributed by atoms with Crippen LogP contribution in [0, 0.1) is 17.8 Å². The van der Waals surface area contributed by atoms with Crippen LogP contribution in [0.3, 0.4) is 0 Å². The van der Waals surface area contributed by atoms with Gasteiger partial charge in [0.05, 0.1) is 6.10 Å². The number of carbonyl (C=O) groups excluding carboxylic acids is 1. The van der Waals surface area contributed by atoms with Gasteiger partial charge in [-0.05, 0) is 32.1 Å². The third kappa shape index (κ3) is 3.04. The Bertz CT molecular complexity index is 296. The number of nitrogens with one attached hydrogen (secondary N) is 1. The van der Waals surface area contributed by atoms with Crippen LogP contribution in [0.1, 0.15) is 39.5 Å². The Morgan fingerprint density at radius 3 is 2.78 bits per heavy atom. The van der Waals surface area contributed by atoms with E-state index in [9.17, 15) is 4.79 Å². The molecule has 1 aliphatic carbocycles. The van der Waals surface area contributed by atoms with Gasteiger partial charge < -0.3 is 15.8 Å². The summed E-state index contributed by atoms with van der Waals surface area (Å²) < 4.78 is 5.51. The van der Waals surface area contributed by atoms with Gasteiger partial charge in [-0.3, -0.25) is 4.79 Å². The molecular formula is C14H26N2O2. The second-order valence-electron chi connectivity index (χ2n) is 5.93. The van der Waals surface area contributed by atoms with Crippen LogP contribution in [-0.2, 0) is 9.53 Å². The second kappa shape index (κ2) is 6.02. The Kier molecular flexibility index (Phi) is 4.62. The van der Waals surface area contributed by atoms with Crippen LogP contribution in [0.4, 0.5) is 0 Å². The first-order valence-corrected chi connectivity index (χ1v) is 7.24. The molecule has 2 aliphatic rings. The number of hydrogen-bond donors (Lipinski definition) is 2. The smallest absolute Gasteiger partial charge is 0.223 e. The highest BCUT2D eigenvalue weighted by molar-refractivity contribution is 5.79. The lowest BCUT2D eigenvalue weighted by Gasteiger charge is -2.33. The number of nitrogens with two attached hydrogens (primary N) is 1. The lowest BCUT2D eigenvalue weighted by Crippen LogP contribution is -2.45. The average Bonchev–Trinajstić information content (AvgIpc) is 2.75. The number of ether oxygens (including phenoxy) is 1. The summed E-state index contributed by atoms with van der Waals surface area (Å²) in [4.78, 5) is 12.2.